The molecule has 2 nitrogen and oxygen atoms in total. The fourth-order valence-electron chi connectivity index (χ4n) is 15.2. The minimum absolute atomic E-state index is 0.0324. The lowest BCUT2D eigenvalue weighted by Gasteiger charge is -2.49. The zero-order valence-corrected chi connectivity index (χ0v) is 43.5. The van der Waals surface area contributed by atoms with Crippen LogP contribution in [0, 0.1) is 5.92 Å². The maximum absolute atomic E-state index is 2.79. The molecule has 0 amide bonds. The summed E-state index contributed by atoms with van der Waals surface area (Å²) < 4.78 is 2.87. The second-order valence-corrected chi connectivity index (χ2v) is 28.0. The Kier molecular flexibility index (Phi) is 8.80. The Morgan fingerprint density at radius 1 is 0.530 bits per heavy atom. The van der Waals surface area contributed by atoms with E-state index in [0.717, 1.165) is 18.8 Å². The fourth-order valence-corrected chi connectivity index (χ4v) is 16.5. The summed E-state index contributed by atoms with van der Waals surface area (Å²) in [5, 5.41) is 1.39. The summed E-state index contributed by atoms with van der Waals surface area (Å²) in [5.74, 6) is 0.902. The van der Waals surface area contributed by atoms with Crippen LogP contribution in [0.3, 0.4) is 0 Å². The topological polar surface area (TPSA) is 6.48 Å². The van der Waals surface area contributed by atoms with Crippen molar-refractivity contribution in [3.63, 3.8) is 0 Å². The van der Waals surface area contributed by atoms with Crippen molar-refractivity contribution in [2.45, 2.75) is 186 Å². The van der Waals surface area contributed by atoms with E-state index in [4.69, 9.17) is 0 Å². The van der Waals surface area contributed by atoms with Crippen LogP contribution in [0.1, 0.15) is 187 Å². The number of fused-ring (bicyclic) bond motifs is 11. The summed E-state index contributed by atoms with van der Waals surface area (Å²) in [5.41, 5.74) is 22.3. The van der Waals surface area contributed by atoms with Crippen LogP contribution in [0.2, 0.25) is 0 Å². The Morgan fingerprint density at radius 2 is 1.06 bits per heavy atom. The van der Waals surface area contributed by atoms with Gasteiger partial charge in [0.1, 0.15) is 0 Å². The Balaban J connectivity index is 1.22. The maximum Gasteiger partial charge on any atom is 0.264 e. The van der Waals surface area contributed by atoms with Gasteiger partial charge in [-0.2, -0.15) is 0 Å². The van der Waals surface area contributed by atoms with E-state index in [-0.39, 0.29) is 44.6 Å². The Bertz CT molecular complexity index is 3010. The molecule has 1 aromatic heterocycles. The molecule has 6 aromatic rings. The summed E-state index contributed by atoms with van der Waals surface area (Å²) in [6.07, 6.45) is 10.3. The van der Waals surface area contributed by atoms with Crippen LogP contribution >= 0.6 is 11.3 Å². The van der Waals surface area contributed by atoms with E-state index in [2.05, 4.69) is 203 Å². The molecule has 66 heavy (non-hydrogen) atoms. The van der Waals surface area contributed by atoms with Crippen LogP contribution in [-0.4, -0.2) is 6.71 Å². The molecule has 2 bridgehead atoms. The SMILES string of the molecule is CC(C)(C)c1ccc(N2c3cc(C45CCC(CC4)CC5)cc4c3B(c3cc5c(cc3N4c3ccc4c(c3)C(C)(C)CC4(C)C)C(C)(C)CC5(C)C)c3sc4ccc(C(C)(C)C)cc4c32)cc1. The third kappa shape index (κ3) is 6.10. The lowest BCUT2D eigenvalue weighted by molar-refractivity contribution is 0.136. The van der Waals surface area contributed by atoms with Crippen molar-refractivity contribution >= 4 is 78.0 Å². The largest absolute Gasteiger partial charge is 0.311 e. The van der Waals surface area contributed by atoms with E-state index < -0.39 is 0 Å². The Morgan fingerprint density at radius 3 is 1.67 bits per heavy atom. The molecule has 0 unspecified atom stereocenters. The van der Waals surface area contributed by atoms with Gasteiger partial charge in [-0.1, -0.05) is 127 Å². The first-order valence-corrected chi connectivity index (χ1v) is 26.5. The third-order valence-corrected chi connectivity index (χ3v) is 19.5. The highest BCUT2D eigenvalue weighted by Gasteiger charge is 2.51. The minimum atomic E-state index is 0.0324. The molecule has 13 rings (SSSR count). The lowest BCUT2D eigenvalue weighted by atomic mass is 9.35. The normalized spacial score (nSPS) is 23.7. The fraction of sp³-hybridized carbons (Fsp3) is 0.484. The van der Waals surface area contributed by atoms with Crippen molar-refractivity contribution < 1.29 is 0 Å². The van der Waals surface area contributed by atoms with E-state index in [1.54, 1.807) is 11.1 Å². The van der Waals surface area contributed by atoms with E-state index >= 15 is 0 Å². The maximum atomic E-state index is 2.79. The highest BCUT2D eigenvalue weighted by Crippen LogP contribution is 2.58. The number of benzene rings is 5. The number of hydrogen-bond acceptors (Lipinski definition) is 3. The van der Waals surface area contributed by atoms with Crippen molar-refractivity contribution in [2.75, 3.05) is 9.80 Å². The first kappa shape index (κ1) is 43.0. The monoisotopic (exact) mass is 889 g/mol. The molecule has 5 aromatic carbocycles. The molecule has 3 heterocycles. The van der Waals surface area contributed by atoms with Crippen LogP contribution < -0.4 is 25.5 Å². The van der Waals surface area contributed by atoms with Gasteiger partial charge in [-0.25, -0.2) is 0 Å². The smallest absolute Gasteiger partial charge is 0.264 e. The molecule has 0 saturated heterocycles. The molecule has 3 saturated carbocycles. The van der Waals surface area contributed by atoms with E-state index in [9.17, 15) is 0 Å². The van der Waals surface area contributed by atoms with Gasteiger partial charge < -0.3 is 9.80 Å². The highest BCUT2D eigenvalue weighted by molar-refractivity contribution is 7.33. The van der Waals surface area contributed by atoms with Crippen LogP contribution in [0.5, 0.6) is 0 Å². The summed E-state index contributed by atoms with van der Waals surface area (Å²) in [7, 11) is 0. The van der Waals surface area contributed by atoms with Gasteiger partial charge >= 0.3 is 0 Å². The second-order valence-electron chi connectivity index (χ2n) is 26.9. The third-order valence-electron chi connectivity index (χ3n) is 18.3. The quantitative estimate of drug-likeness (QED) is 0.163. The van der Waals surface area contributed by atoms with Crippen LogP contribution in [0.4, 0.5) is 34.1 Å². The van der Waals surface area contributed by atoms with Gasteiger partial charge in [0.15, 0.2) is 0 Å². The molecule has 4 heteroatoms. The molecule has 0 spiro atoms. The van der Waals surface area contributed by atoms with Gasteiger partial charge in [-0.15, -0.1) is 11.3 Å². The van der Waals surface area contributed by atoms with Crippen LogP contribution in [-0.2, 0) is 37.9 Å². The summed E-state index contributed by atoms with van der Waals surface area (Å²) in [6.45, 7) is 34.2. The summed E-state index contributed by atoms with van der Waals surface area (Å²) in [6, 6.07) is 35.7. The van der Waals surface area contributed by atoms with E-state index in [1.807, 2.05) is 0 Å². The van der Waals surface area contributed by atoms with Crippen LogP contribution in [0.25, 0.3) is 10.1 Å². The predicted octanol–water partition coefficient (Wildman–Crippen LogP) is 15.7. The molecule has 0 atom stereocenters. The van der Waals surface area contributed by atoms with Crippen molar-refractivity contribution in [2.24, 2.45) is 5.92 Å². The van der Waals surface area contributed by atoms with Crippen molar-refractivity contribution in [1.82, 2.24) is 0 Å². The average Bonchev–Trinajstić information content (AvgIpc) is 3.78. The Labute approximate surface area is 401 Å². The zero-order chi connectivity index (χ0) is 46.5. The van der Waals surface area contributed by atoms with E-state index in [0.29, 0.717) is 0 Å². The number of nitrogens with zero attached hydrogens (tertiary/aromatic N) is 2. The first-order chi connectivity index (χ1) is 30.9. The molecule has 2 aliphatic heterocycles. The molecule has 0 N–H and O–H groups in total. The number of anilines is 6. The highest BCUT2D eigenvalue weighted by atomic mass is 32.1. The average molecular weight is 889 g/mol. The van der Waals surface area contributed by atoms with Gasteiger partial charge in [0.05, 0.1) is 5.69 Å². The second kappa shape index (κ2) is 13.5. The number of hydrogen-bond donors (Lipinski definition) is 0. The zero-order valence-electron chi connectivity index (χ0n) is 42.7. The van der Waals surface area contributed by atoms with Crippen molar-refractivity contribution in [3.8, 4) is 0 Å². The van der Waals surface area contributed by atoms with E-state index in [1.165, 1.54) is 126 Å². The number of rotatable bonds is 3. The molecule has 0 radical (unpaired) electrons. The van der Waals surface area contributed by atoms with Gasteiger partial charge in [0.2, 0.25) is 0 Å². The molecule has 7 aliphatic rings. The van der Waals surface area contributed by atoms with Gasteiger partial charge in [0, 0.05) is 43.3 Å². The molecular formula is C62H73BN2S. The van der Waals surface area contributed by atoms with Gasteiger partial charge in [-0.3, -0.25) is 0 Å². The summed E-state index contributed by atoms with van der Waals surface area (Å²) in [4.78, 5) is 5.55. The van der Waals surface area contributed by atoms with Crippen molar-refractivity contribution in [3.05, 3.63) is 124 Å². The standard InChI is InChI=1S/C62H73BN2S/c1-56(2,3)38-15-18-41(19-16-38)65-51-31-40(62-26-23-37(24-27-62)25-28-62)30-50-53(51)63(55-54(65)43-29-39(57(4,5)6)17-22-52(43)66-55)48-33-46-47(61(13,14)36-60(46,11)12)34-49(48)64(50)42-20-21-44-45(32-42)59(9,10)35-58(44,7)8/h15-22,29-34,37H,23-28,35-36H2,1-14H3. The van der Waals surface area contributed by atoms with Gasteiger partial charge in [0.25, 0.3) is 6.71 Å². The molecule has 3 fully saturated rings. The van der Waals surface area contributed by atoms with Gasteiger partial charge in [-0.05, 0) is 200 Å². The number of thiophene rings is 1. The molecule has 340 valence electrons. The minimum Gasteiger partial charge on any atom is -0.311 e. The molecular weight excluding hydrogens is 816 g/mol. The lowest BCUT2D eigenvalue weighted by Crippen LogP contribution is -2.61. The Hall–Kier alpha value is -4.28. The summed E-state index contributed by atoms with van der Waals surface area (Å²) >= 11 is 2.06. The van der Waals surface area contributed by atoms with Crippen LogP contribution in [0.15, 0.2) is 84.9 Å². The predicted molar refractivity (Wildman–Crippen MR) is 287 cm³/mol. The first-order valence-electron chi connectivity index (χ1n) is 25.7. The van der Waals surface area contributed by atoms with Crippen molar-refractivity contribution in [1.29, 1.82) is 0 Å². The molecule has 5 aliphatic carbocycles.